The van der Waals surface area contributed by atoms with Gasteiger partial charge in [-0.05, 0) is 42.8 Å². The molecular formula is C53H58N6O18S2. The van der Waals surface area contributed by atoms with Gasteiger partial charge in [0.1, 0.15) is 37.6 Å². The third-order valence-corrected chi connectivity index (χ3v) is 16.0. The molecule has 5 amide bonds. The largest absolute Gasteiger partial charge is 0.457 e. The van der Waals surface area contributed by atoms with E-state index < -0.39 is 78.8 Å². The van der Waals surface area contributed by atoms with Gasteiger partial charge in [-0.1, -0.05) is 58.8 Å². The summed E-state index contributed by atoms with van der Waals surface area (Å²) >= 11 is 0. The van der Waals surface area contributed by atoms with Gasteiger partial charge in [0.25, 0.3) is 17.4 Å². The summed E-state index contributed by atoms with van der Waals surface area (Å²) < 4.78 is 39.8. The molecule has 0 aliphatic carbocycles. The molecule has 420 valence electrons. The number of amides is 5. The second-order valence-electron chi connectivity index (χ2n) is 18.5. The molecule has 4 aliphatic rings. The number of cyclic esters (lactones) is 1. The van der Waals surface area contributed by atoms with Crippen molar-refractivity contribution in [3.63, 3.8) is 0 Å². The number of aliphatic hydroxyl groups excluding tert-OH is 4. The van der Waals surface area contributed by atoms with E-state index in [1.165, 1.54) is 33.7 Å². The van der Waals surface area contributed by atoms with Crippen molar-refractivity contribution < 1.29 is 82.4 Å². The first-order chi connectivity index (χ1) is 38.2. The number of anilines is 1. The number of alkyl carbamates (subject to hydrolysis) is 1. The molecule has 0 radical (unpaired) electrons. The number of nitrogens with zero attached hydrogens (tertiary/aromatic N) is 3. The quantitative estimate of drug-likeness (QED) is 0.0151. The SMILES string of the molecule is CC[C@@]1(OC(=O)NCCSSCCOC(=O)Nc2ccc3c4c(cccc24)C(=O)N(CCC(=O)NCCOCCOCCO[C@@H]2O[C@H](CO)[C@H](O)[C@H](O)[C@H]2O)C3=O)C(=O)OCc2c1cc1n(c2=O)Cc2cc3ccccc3nc2-1. The van der Waals surface area contributed by atoms with E-state index >= 15 is 0 Å². The number of carbonyl (C=O) groups excluding carboxylic acids is 6. The molecule has 79 heavy (non-hydrogen) atoms. The second kappa shape index (κ2) is 25.6. The first kappa shape index (κ1) is 57.0. The molecule has 0 saturated carbocycles. The van der Waals surface area contributed by atoms with Crippen molar-refractivity contribution in [1.29, 1.82) is 0 Å². The maximum atomic E-state index is 13.8. The molecule has 3 aromatic carbocycles. The molecule has 2 aromatic heterocycles. The highest BCUT2D eigenvalue weighted by Gasteiger charge is 2.51. The van der Waals surface area contributed by atoms with E-state index in [0.717, 1.165) is 21.4 Å². The fourth-order valence-corrected chi connectivity index (χ4v) is 11.4. The summed E-state index contributed by atoms with van der Waals surface area (Å²) in [6, 6.07) is 19.2. The van der Waals surface area contributed by atoms with Crippen LogP contribution in [0.2, 0.25) is 0 Å². The van der Waals surface area contributed by atoms with Crippen LogP contribution in [0.1, 0.15) is 57.2 Å². The predicted octanol–water partition coefficient (Wildman–Crippen LogP) is 2.55. The van der Waals surface area contributed by atoms with Crippen LogP contribution >= 0.6 is 21.6 Å². The zero-order chi connectivity index (χ0) is 55.8. The Morgan fingerprint density at radius 1 is 0.823 bits per heavy atom. The summed E-state index contributed by atoms with van der Waals surface area (Å²) in [6.07, 6.45) is -8.66. The minimum atomic E-state index is -1.86. The van der Waals surface area contributed by atoms with Crippen molar-refractivity contribution in [3.05, 3.63) is 105 Å². The number of carbonyl (C=O) groups is 6. The number of para-hydroxylation sites is 1. The van der Waals surface area contributed by atoms with Crippen LogP contribution in [0.15, 0.2) is 71.5 Å². The molecule has 4 aliphatic heterocycles. The molecule has 0 bridgehead atoms. The highest BCUT2D eigenvalue weighted by Crippen LogP contribution is 2.41. The van der Waals surface area contributed by atoms with E-state index in [-0.39, 0.29) is 107 Å². The van der Waals surface area contributed by atoms with Gasteiger partial charge in [-0.15, -0.1) is 0 Å². The first-order valence-corrected chi connectivity index (χ1v) is 28.0. The predicted molar refractivity (Wildman–Crippen MR) is 285 cm³/mol. The van der Waals surface area contributed by atoms with Crippen LogP contribution in [0.5, 0.6) is 0 Å². The van der Waals surface area contributed by atoms with Crippen molar-refractivity contribution in [2.45, 2.75) is 69.2 Å². The minimum Gasteiger partial charge on any atom is -0.457 e. The van der Waals surface area contributed by atoms with Gasteiger partial charge in [-0.3, -0.25) is 29.4 Å². The number of aliphatic hydroxyl groups is 4. The molecule has 6 atom stereocenters. The molecular weight excluding hydrogens is 1070 g/mol. The van der Waals surface area contributed by atoms with Gasteiger partial charge in [0, 0.05) is 76.0 Å². The van der Waals surface area contributed by atoms with E-state index in [1.54, 1.807) is 35.8 Å². The maximum absolute atomic E-state index is 13.8. The number of pyridine rings is 2. The minimum absolute atomic E-state index is 0.0152. The molecule has 0 unspecified atom stereocenters. The lowest BCUT2D eigenvalue weighted by atomic mass is 9.85. The summed E-state index contributed by atoms with van der Waals surface area (Å²) in [7, 11) is 2.79. The van der Waals surface area contributed by atoms with Crippen molar-refractivity contribution in [2.24, 2.45) is 0 Å². The van der Waals surface area contributed by atoms with Gasteiger partial charge < -0.3 is 68.8 Å². The number of ether oxygens (including phenoxy) is 7. The van der Waals surface area contributed by atoms with Crippen molar-refractivity contribution >= 4 is 84.8 Å². The molecule has 1 saturated heterocycles. The maximum Gasteiger partial charge on any atom is 0.411 e. The smallest absolute Gasteiger partial charge is 0.411 e. The van der Waals surface area contributed by atoms with E-state index in [4.69, 9.17) is 38.1 Å². The van der Waals surface area contributed by atoms with Gasteiger partial charge in [0.2, 0.25) is 11.5 Å². The Kier molecular flexibility index (Phi) is 18.5. The number of benzene rings is 3. The highest BCUT2D eigenvalue weighted by molar-refractivity contribution is 8.76. The molecule has 9 rings (SSSR count). The number of nitrogens with one attached hydrogen (secondary N) is 3. The molecule has 7 N–H and O–H groups in total. The van der Waals surface area contributed by atoms with Gasteiger partial charge in [0.05, 0.1) is 74.3 Å². The van der Waals surface area contributed by atoms with Crippen LogP contribution in [-0.2, 0) is 61.5 Å². The van der Waals surface area contributed by atoms with Crippen LogP contribution < -0.4 is 21.5 Å². The fraction of sp³-hybridized carbons (Fsp3) is 0.434. The van der Waals surface area contributed by atoms with Gasteiger partial charge in [-0.25, -0.2) is 19.4 Å². The second-order valence-corrected chi connectivity index (χ2v) is 21.2. The third kappa shape index (κ3) is 12.2. The Morgan fingerprint density at radius 3 is 2.38 bits per heavy atom. The Hall–Kier alpha value is -6.72. The molecule has 6 heterocycles. The van der Waals surface area contributed by atoms with Gasteiger partial charge in [0.15, 0.2) is 6.29 Å². The summed E-state index contributed by atoms with van der Waals surface area (Å²) in [6.45, 7) is 1.90. The van der Waals surface area contributed by atoms with Crippen LogP contribution in [0.25, 0.3) is 33.1 Å². The number of hydrogen-bond acceptors (Lipinski definition) is 21. The van der Waals surface area contributed by atoms with Crippen LogP contribution in [0, 0.1) is 0 Å². The number of esters is 1. The van der Waals surface area contributed by atoms with Gasteiger partial charge in [-0.2, -0.15) is 0 Å². The van der Waals surface area contributed by atoms with Crippen molar-refractivity contribution in [3.8, 4) is 11.4 Å². The number of hydrogen-bond donors (Lipinski definition) is 7. The van der Waals surface area contributed by atoms with Crippen LogP contribution in [-0.4, -0.2) is 179 Å². The fourth-order valence-electron chi connectivity index (χ4n) is 9.68. The lowest BCUT2D eigenvalue weighted by molar-refractivity contribution is -0.302. The average molecular weight is 1130 g/mol. The molecule has 24 nitrogen and oxygen atoms in total. The molecule has 5 aromatic rings. The van der Waals surface area contributed by atoms with Crippen molar-refractivity contribution in [1.82, 2.24) is 25.1 Å². The number of aromatic nitrogens is 2. The summed E-state index contributed by atoms with van der Waals surface area (Å²) in [4.78, 5) is 99.1. The Labute approximate surface area is 458 Å². The summed E-state index contributed by atoms with van der Waals surface area (Å²) in [5, 5.41) is 48.8. The van der Waals surface area contributed by atoms with E-state index in [2.05, 4.69) is 16.0 Å². The van der Waals surface area contributed by atoms with Gasteiger partial charge >= 0.3 is 18.2 Å². The zero-order valence-corrected chi connectivity index (χ0v) is 44.3. The Morgan fingerprint density at radius 2 is 1.58 bits per heavy atom. The van der Waals surface area contributed by atoms with Crippen molar-refractivity contribution in [2.75, 3.05) is 82.7 Å². The van der Waals surface area contributed by atoms with Crippen LogP contribution in [0.4, 0.5) is 15.3 Å². The number of imide groups is 1. The van der Waals surface area contributed by atoms with E-state index in [0.29, 0.717) is 45.9 Å². The Balaban J connectivity index is 0.659. The molecule has 0 spiro atoms. The molecule has 26 heteroatoms. The number of fused-ring (bicyclic) bond motifs is 5. The summed E-state index contributed by atoms with van der Waals surface area (Å²) in [5.41, 5.74) is 1.85. The first-order valence-electron chi connectivity index (χ1n) is 25.5. The normalized spacial score (nSPS) is 21.1. The topological polar surface area (TPSA) is 322 Å². The molecule has 1 fully saturated rings. The van der Waals surface area contributed by atoms with E-state index in [1.807, 2.05) is 30.3 Å². The lowest BCUT2D eigenvalue weighted by Gasteiger charge is -2.39. The standard InChI is InChI=1S/C53H58N6O18S2/c1-2-53(35-25-38-42-30(24-29-6-3-4-9-36(29)56-42)26-59(38)48(67)34(35)28-75-50(53)68)77-51(69)55-14-22-78-79-23-21-74-52(70)57-37-11-10-33-41-31(37)7-5-8-32(41)46(65)58(47(33)66)15-12-40(61)54-13-16-71-17-18-72-19-20-73-49-45(64)44(63)43(62)39(27-60)76-49/h3-11,24-25,39,43-45,49,60,62-64H,2,12-23,26-28H2,1H3,(H,54,61)(H,55,69)(H,57,70)/t39-,43+,44+,45-,49-,53+/m1/s1. The lowest BCUT2D eigenvalue weighted by Crippen LogP contribution is -2.59. The summed E-state index contributed by atoms with van der Waals surface area (Å²) in [5.74, 6) is -1.56. The number of rotatable bonds is 24. The monoisotopic (exact) mass is 1130 g/mol. The Bertz CT molecular complexity index is 3180. The highest BCUT2D eigenvalue weighted by atomic mass is 33.1. The third-order valence-electron chi connectivity index (χ3n) is 13.7. The zero-order valence-electron chi connectivity index (χ0n) is 42.7. The van der Waals surface area contributed by atoms with E-state index in [9.17, 15) is 54.0 Å². The average Bonchev–Trinajstić information content (AvgIpc) is 3.96. The van der Waals surface area contributed by atoms with Crippen LogP contribution in [0.3, 0.4) is 0 Å².